The van der Waals surface area contributed by atoms with Gasteiger partial charge < -0.3 is 5.11 Å². The summed E-state index contributed by atoms with van der Waals surface area (Å²) >= 11 is 0. The van der Waals surface area contributed by atoms with Gasteiger partial charge in [0.15, 0.2) is 0 Å². The van der Waals surface area contributed by atoms with Crippen molar-refractivity contribution >= 4 is 0 Å². The monoisotopic (exact) mass is 429 g/mol. The van der Waals surface area contributed by atoms with Gasteiger partial charge in [-0.3, -0.25) is 0 Å². The summed E-state index contributed by atoms with van der Waals surface area (Å²) in [7, 11) is 0. The first-order valence-corrected chi connectivity index (χ1v) is 13.1. The molecule has 0 aliphatic heterocycles. The third-order valence-corrected chi connectivity index (χ3v) is 10.9. The molecule has 0 aromatic heterocycles. The molecule has 0 bridgehead atoms. The van der Waals surface area contributed by atoms with Gasteiger partial charge in [-0.25, -0.2) is 0 Å². The molecule has 1 aromatic carbocycles. The van der Waals surface area contributed by atoms with Crippen LogP contribution in [0.2, 0.25) is 0 Å². The molecule has 2 heteroatoms. The molecule has 1 aromatic rings. The normalized spacial score (nSPS) is 44.9. The smallest absolute Gasteiger partial charge is 0.126 e. The van der Waals surface area contributed by atoms with Crippen LogP contribution < -0.4 is 0 Å². The van der Waals surface area contributed by atoms with Crippen LogP contribution in [0.1, 0.15) is 96.1 Å². The van der Waals surface area contributed by atoms with Gasteiger partial charge in [-0.2, -0.15) is 5.26 Å². The highest BCUT2D eigenvalue weighted by atomic mass is 16.3. The first-order chi connectivity index (χ1) is 15.3. The van der Waals surface area contributed by atoms with Crippen LogP contribution in [-0.4, -0.2) is 10.7 Å². The molecule has 0 saturated heterocycles. The van der Waals surface area contributed by atoms with E-state index in [0.717, 1.165) is 48.5 Å². The second kappa shape index (κ2) is 7.92. The average molecular weight is 430 g/mol. The number of fused-ring (bicyclic) bond motifs is 5. The lowest BCUT2D eigenvalue weighted by Crippen LogP contribution is -2.55. The van der Waals surface area contributed by atoms with Gasteiger partial charge in [0.25, 0.3) is 0 Å². The second-order valence-electron chi connectivity index (χ2n) is 12.1. The number of nitrogens with zero attached hydrogens (tertiary/aromatic N) is 1. The molecule has 0 spiro atoms. The van der Waals surface area contributed by atoms with Gasteiger partial charge in [0.2, 0.25) is 0 Å². The lowest BCUT2D eigenvalue weighted by molar-refractivity contribution is -0.138. The molecule has 32 heavy (non-hydrogen) atoms. The fraction of sp³-hybridized carbons (Fsp3) is 0.700. The fourth-order valence-corrected chi connectivity index (χ4v) is 8.95. The van der Waals surface area contributed by atoms with Crippen LogP contribution in [0.15, 0.2) is 24.3 Å². The third-order valence-electron chi connectivity index (χ3n) is 10.9. The molecule has 2 nitrogen and oxygen atoms in total. The largest absolute Gasteiger partial charge is 0.378 e. The molecule has 0 unspecified atom stereocenters. The van der Waals surface area contributed by atoms with Crippen molar-refractivity contribution in [2.75, 3.05) is 0 Å². The van der Waals surface area contributed by atoms with E-state index in [1.165, 1.54) is 44.9 Å². The first kappa shape index (κ1) is 22.0. The second-order valence-corrected chi connectivity index (χ2v) is 12.1. The van der Waals surface area contributed by atoms with Crippen LogP contribution in [-0.2, 0) is 0 Å². The summed E-state index contributed by atoms with van der Waals surface area (Å²) < 4.78 is 0. The zero-order valence-corrected chi connectivity index (χ0v) is 20.2. The lowest BCUT2D eigenvalue weighted by atomic mass is 9.44. The van der Waals surface area contributed by atoms with E-state index in [9.17, 15) is 5.11 Å². The highest BCUT2D eigenvalue weighted by Crippen LogP contribution is 2.68. The number of nitriles is 1. The molecule has 4 aliphatic rings. The van der Waals surface area contributed by atoms with Gasteiger partial charge >= 0.3 is 0 Å². The molecular weight excluding hydrogens is 390 g/mol. The van der Waals surface area contributed by atoms with Gasteiger partial charge in [-0.1, -0.05) is 39.0 Å². The molecule has 0 amide bonds. The van der Waals surface area contributed by atoms with Crippen LogP contribution in [0.3, 0.4) is 0 Å². The van der Waals surface area contributed by atoms with E-state index >= 15 is 0 Å². The van der Waals surface area contributed by atoms with Crippen molar-refractivity contribution in [2.45, 2.75) is 90.6 Å². The maximum atomic E-state index is 11.4. The van der Waals surface area contributed by atoms with Crippen molar-refractivity contribution < 1.29 is 5.11 Å². The highest BCUT2D eigenvalue weighted by molar-refractivity contribution is 5.41. The van der Waals surface area contributed by atoms with E-state index < -0.39 is 5.60 Å². The van der Waals surface area contributed by atoms with Crippen molar-refractivity contribution in [3.05, 3.63) is 35.4 Å². The van der Waals surface area contributed by atoms with E-state index in [1.807, 2.05) is 12.1 Å². The van der Waals surface area contributed by atoms with Gasteiger partial charge in [0.1, 0.15) is 5.60 Å². The van der Waals surface area contributed by atoms with Gasteiger partial charge in [0, 0.05) is 5.56 Å². The van der Waals surface area contributed by atoms with Crippen LogP contribution in [0, 0.1) is 63.6 Å². The van der Waals surface area contributed by atoms with Crippen LogP contribution in [0.5, 0.6) is 0 Å². The number of rotatable bonds is 1. The van der Waals surface area contributed by atoms with E-state index in [4.69, 9.17) is 5.26 Å². The van der Waals surface area contributed by atoms with Crippen LogP contribution in [0.25, 0.3) is 0 Å². The summed E-state index contributed by atoms with van der Waals surface area (Å²) in [5.74, 6) is 10.7. The summed E-state index contributed by atoms with van der Waals surface area (Å²) in [5, 5.41) is 20.4. The number of hydrogen-bond acceptors (Lipinski definition) is 2. The van der Waals surface area contributed by atoms with Crippen LogP contribution in [0.4, 0.5) is 0 Å². The molecule has 0 radical (unpaired) electrons. The van der Waals surface area contributed by atoms with E-state index in [0.29, 0.717) is 22.3 Å². The SMILES string of the molecule is CC[C@H]1CC[C@H]2[C@@H]3CC[C@@H]4C[C@@](O)(C#Cc5ccc(C#N)cc5)CC[C@]4(C)[C@H]3CC[C@]12C. The summed E-state index contributed by atoms with van der Waals surface area (Å²) in [6.45, 7) is 7.60. The molecule has 0 heterocycles. The maximum absolute atomic E-state index is 11.4. The Morgan fingerprint density at radius 2 is 1.62 bits per heavy atom. The Bertz CT molecular complexity index is 963. The van der Waals surface area contributed by atoms with E-state index in [-0.39, 0.29) is 0 Å². The van der Waals surface area contributed by atoms with Gasteiger partial charge in [-0.15, -0.1) is 0 Å². The number of hydrogen-bond donors (Lipinski definition) is 1. The van der Waals surface area contributed by atoms with Crippen LogP contribution >= 0.6 is 0 Å². The van der Waals surface area contributed by atoms with Gasteiger partial charge in [-0.05, 0) is 122 Å². The molecule has 5 rings (SSSR count). The molecule has 1 N–H and O–H groups in total. The van der Waals surface area contributed by atoms with Crippen molar-refractivity contribution in [1.29, 1.82) is 5.26 Å². The fourth-order valence-electron chi connectivity index (χ4n) is 8.95. The van der Waals surface area contributed by atoms with Crippen molar-refractivity contribution in [3.63, 3.8) is 0 Å². The topological polar surface area (TPSA) is 44.0 Å². The summed E-state index contributed by atoms with van der Waals surface area (Å²) in [4.78, 5) is 0. The molecule has 4 saturated carbocycles. The zero-order chi connectivity index (χ0) is 22.6. The Hall–Kier alpha value is -1.77. The Balaban J connectivity index is 1.33. The minimum absolute atomic E-state index is 0.372. The highest BCUT2D eigenvalue weighted by Gasteiger charge is 2.60. The summed E-state index contributed by atoms with van der Waals surface area (Å²) in [6.07, 6.45) is 12.4. The molecule has 170 valence electrons. The van der Waals surface area contributed by atoms with Crippen molar-refractivity contribution in [2.24, 2.45) is 40.4 Å². The maximum Gasteiger partial charge on any atom is 0.126 e. The first-order valence-electron chi connectivity index (χ1n) is 13.1. The molecular formula is C30H39NO. The predicted molar refractivity (Wildman–Crippen MR) is 128 cm³/mol. The van der Waals surface area contributed by atoms with E-state index in [1.54, 1.807) is 12.1 Å². The Labute approximate surface area is 194 Å². The molecule has 4 aliphatic carbocycles. The number of aliphatic hydroxyl groups is 1. The van der Waals surface area contributed by atoms with Crippen molar-refractivity contribution in [1.82, 2.24) is 0 Å². The standard InChI is InChI=1S/C30H39NO/c1-4-23-10-12-26-25-11-9-24-19-30(32,16-13-21-5-7-22(20-31)8-6-21)18-17-29(24,3)27(25)14-15-28(23,26)2/h5-8,23-27,32H,4,9-12,14-15,17-19H2,1-3H3/t23-,24+,25-,26-,27-,28+,29-,30+/m0/s1. The molecule has 4 fully saturated rings. The summed E-state index contributed by atoms with van der Waals surface area (Å²) in [6, 6.07) is 9.53. The Morgan fingerprint density at radius 1 is 0.906 bits per heavy atom. The lowest BCUT2D eigenvalue weighted by Gasteiger charge is -2.61. The Kier molecular flexibility index (Phi) is 5.46. The minimum atomic E-state index is -0.866. The third kappa shape index (κ3) is 3.42. The van der Waals surface area contributed by atoms with Crippen molar-refractivity contribution in [3.8, 4) is 17.9 Å². The average Bonchev–Trinajstić information content (AvgIpc) is 3.15. The predicted octanol–water partition coefficient (Wildman–Crippen LogP) is 6.71. The zero-order valence-electron chi connectivity index (χ0n) is 20.2. The summed E-state index contributed by atoms with van der Waals surface area (Å²) in [5.41, 5.74) is 1.62. The number of benzene rings is 1. The minimum Gasteiger partial charge on any atom is -0.378 e. The Morgan fingerprint density at radius 3 is 2.34 bits per heavy atom. The molecule has 8 atom stereocenters. The van der Waals surface area contributed by atoms with Gasteiger partial charge in [0.05, 0.1) is 11.6 Å². The quantitative estimate of drug-likeness (QED) is 0.504. The van der Waals surface area contributed by atoms with E-state index in [2.05, 4.69) is 38.7 Å².